The summed E-state index contributed by atoms with van der Waals surface area (Å²) >= 11 is 0. The lowest BCUT2D eigenvalue weighted by atomic mass is 9.68. The topological polar surface area (TPSA) is 66.5 Å². The van der Waals surface area contributed by atoms with Gasteiger partial charge in [-0.1, -0.05) is 6.07 Å². The lowest BCUT2D eigenvalue weighted by Gasteiger charge is -2.40. The summed E-state index contributed by atoms with van der Waals surface area (Å²) in [6, 6.07) is 6.33. The fourth-order valence-corrected chi connectivity index (χ4v) is 6.05. The first-order chi connectivity index (χ1) is 14.0. The molecule has 0 aromatic heterocycles. The van der Waals surface area contributed by atoms with Gasteiger partial charge in [-0.15, -0.1) is 0 Å². The predicted octanol–water partition coefficient (Wildman–Crippen LogP) is 4.28. The Labute approximate surface area is 172 Å². The lowest BCUT2D eigenvalue weighted by Crippen LogP contribution is -2.42. The van der Waals surface area contributed by atoms with E-state index in [9.17, 15) is 4.57 Å². The zero-order chi connectivity index (χ0) is 20.5. The Morgan fingerprint density at radius 3 is 2.52 bits per heavy atom. The number of hydrogen-bond donors (Lipinski definition) is 0. The van der Waals surface area contributed by atoms with Crippen LogP contribution in [0.15, 0.2) is 30.0 Å². The van der Waals surface area contributed by atoms with Crippen LogP contribution < -0.4 is 9.47 Å². The molecule has 3 aliphatic rings. The Balaban J connectivity index is 1.62. The molecular weight excluding hydrogens is 393 g/mol. The van der Waals surface area contributed by atoms with Crippen molar-refractivity contribution in [3.8, 4) is 11.5 Å². The molecule has 0 amide bonds. The molecule has 7 nitrogen and oxygen atoms in total. The minimum atomic E-state index is -3.52. The zero-order valence-corrected chi connectivity index (χ0v) is 18.3. The number of benzene rings is 1. The van der Waals surface area contributed by atoms with Crippen molar-refractivity contribution in [2.45, 2.75) is 43.6 Å². The molecule has 0 bridgehead atoms. The first kappa shape index (κ1) is 20.7. The molecule has 160 valence electrons. The van der Waals surface area contributed by atoms with Gasteiger partial charge in [-0.05, 0) is 63.0 Å². The van der Waals surface area contributed by atoms with Gasteiger partial charge in [-0.25, -0.2) is 4.57 Å². The molecule has 2 heterocycles. The summed E-state index contributed by atoms with van der Waals surface area (Å²) < 4.78 is 40.5. The minimum Gasteiger partial charge on any atom is -0.493 e. The van der Waals surface area contributed by atoms with E-state index >= 15 is 0 Å². The maximum absolute atomic E-state index is 12.8. The molecule has 2 atom stereocenters. The molecule has 29 heavy (non-hydrogen) atoms. The van der Waals surface area contributed by atoms with Crippen LogP contribution in [0.3, 0.4) is 0 Å². The number of nitrogens with zero attached hydrogens (tertiary/aromatic N) is 1. The average Bonchev–Trinajstić information content (AvgIpc) is 2.92. The van der Waals surface area contributed by atoms with E-state index in [1.165, 1.54) is 5.56 Å². The summed E-state index contributed by atoms with van der Waals surface area (Å²) in [5.41, 5.74) is 1.19. The molecule has 0 spiro atoms. The van der Waals surface area contributed by atoms with E-state index < -0.39 is 7.82 Å². The van der Waals surface area contributed by atoms with Gasteiger partial charge in [0, 0.05) is 17.9 Å². The standard InChI is InChI=1S/C21H30NO6P/c1-22-11-10-21(16-6-7-18(24-2)19(14-16)25-3)9-8-17(15-20(21)22)28-29(23)26-12-4-5-13-27-29/h6-7,14-15,20H,4-5,8-13H2,1-3H3/t20-,21-/m0/s1. The third-order valence-electron chi connectivity index (χ3n) is 6.34. The van der Waals surface area contributed by atoms with Crippen molar-refractivity contribution in [1.82, 2.24) is 4.90 Å². The molecule has 1 aromatic rings. The number of rotatable bonds is 5. The van der Waals surface area contributed by atoms with E-state index in [1.54, 1.807) is 14.2 Å². The summed E-state index contributed by atoms with van der Waals surface area (Å²) in [7, 11) is 1.90. The van der Waals surface area contributed by atoms with Gasteiger partial charge in [0.25, 0.3) is 0 Å². The summed E-state index contributed by atoms with van der Waals surface area (Å²) in [5, 5.41) is 0. The van der Waals surface area contributed by atoms with Crippen LogP contribution in [0.2, 0.25) is 0 Å². The molecule has 4 rings (SSSR count). The van der Waals surface area contributed by atoms with E-state index in [4.69, 9.17) is 23.0 Å². The third kappa shape index (κ3) is 3.93. The van der Waals surface area contributed by atoms with Gasteiger partial charge in [0.15, 0.2) is 11.5 Å². The highest BCUT2D eigenvalue weighted by molar-refractivity contribution is 7.48. The molecule has 0 saturated carbocycles. The van der Waals surface area contributed by atoms with Gasteiger partial charge in [0.2, 0.25) is 0 Å². The van der Waals surface area contributed by atoms with Crippen molar-refractivity contribution in [2.75, 3.05) is 41.0 Å². The number of fused-ring (bicyclic) bond motifs is 1. The Bertz CT molecular complexity index is 815. The van der Waals surface area contributed by atoms with Crippen LogP contribution in [0.1, 0.15) is 37.7 Å². The van der Waals surface area contributed by atoms with Crippen molar-refractivity contribution >= 4 is 7.82 Å². The second-order valence-corrected chi connectivity index (χ2v) is 9.54. The van der Waals surface area contributed by atoms with E-state index in [2.05, 4.69) is 30.2 Å². The van der Waals surface area contributed by atoms with E-state index in [-0.39, 0.29) is 11.5 Å². The highest BCUT2D eigenvalue weighted by atomic mass is 31.2. The maximum atomic E-state index is 12.8. The highest BCUT2D eigenvalue weighted by Crippen LogP contribution is 2.56. The predicted molar refractivity (Wildman–Crippen MR) is 109 cm³/mol. The van der Waals surface area contributed by atoms with Crippen molar-refractivity contribution in [3.05, 3.63) is 35.6 Å². The lowest BCUT2D eigenvalue weighted by molar-refractivity contribution is 0.146. The Morgan fingerprint density at radius 1 is 1.10 bits per heavy atom. The maximum Gasteiger partial charge on any atom is 0.529 e. The number of likely N-dealkylation sites (N-methyl/N-ethyl adjacent to an activating group) is 1. The van der Waals surface area contributed by atoms with Crippen molar-refractivity contribution in [1.29, 1.82) is 0 Å². The van der Waals surface area contributed by atoms with E-state index in [0.717, 1.165) is 43.7 Å². The molecule has 0 radical (unpaired) electrons. The normalized spacial score (nSPS) is 29.5. The molecule has 8 heteroatoms. The first-order valence-corrected chi connectivity index (χ1v) is 11.7. The summed E-state index contributed by atoms with van der Waals surface area (Å²) in [6.07, 6.45) is 6.39. The summed E-state index contributed by atoms with van der Waals surface area (Å²) in [6.45, 7) is 1.79. The van der Waals surface area contributed by atoms with Crippen LogP contribution >= 0.6 is 7.82 Å². The van der Waals surface area contributed by atoms with Crippen LogP contribution in [0, 0.1) is 0 Å². The van der Waals surface area contributed by atoms with Gasteiger partial charge in [0.05, 0.1) is 27.4 Å². The van der Waals surface area contributed by atoms with Gasteiger partial charge >= 0.3 is 7.82 Å². The Morgan fingerprint density at radius 2 is 1.83 bits per heavy atom. The fraction of sp³-hybridized carbons (Fsp3) is 0.619. The number of phosphoric acid groups is 1. The molecule has 1 aliphatic carbocycles. The smallest absolute Gasteiger partial charge is 0.493 e. The number of allylic oxidation sites excluding steroid dienone is 1. The van der Waals surface area contributed by atoms with Crippen LogP contribution in [0.4, 0.5) is 0 Å². The van der Waals surface area contributed by atoms with Crippen LogP contribution in [-0.4, -0.2) is 52.0 Å². The summed E-state index contributed by atoms with van der Waals surface area (Å²) in [4.78, 5) is 2.32. The summed E-state index contributed by atoms with van der Waals surface area (Å²) in [5.74, 6) is 2.17. The second kappa shape index (κ2) is 8.31. The number of hydrogen-bond acceptors (Lipinski definition) is 7. The molecule has 0 N–H and O–H groups in total. The zero-order valence-electron chi connectivity index (χ0n) is 17.4. The minimum absolute atomic E-state index is 0.0409. The molecule has 2 saturated heterocycles. The van der Waals surface area contributed by atoms with Gasteiger partial charge in [0.1, 0.15) is 5.76 Å². The monoisotopic (exact) mass is 423 g/mol. The van der Waals surface area contributed by atoms with Crippen LogP contribution in [0.5, 0.6) is 11.5 Å². The quantitative estimate of drug-likeness (QED) is 0.655. The Kier molecular flexibility index (Phi) is 5.94. The largest absolute Gasteiger partial charge is 0.529 e. The number of likely N-dealkylation sites (tertiary alicyclic amines) is 1. The molecule has 0 unspecified atom stereocenters. The van der Waals surface area contributed by atoms with E-state index in [1.807, 2.05) is 6.07 Å². The second-order valence-electron chi connectivity index (χ2n) is 7.95. The van der Waals surface area contributed by atoms with Crippen molar-refractivity contribution in [3.63, 3.8) is 0 Å². The van der Waals surface area contributed by atoms with Gasteiger partial charge in [-0.3, -0.25) is 13.9 Å². The number of phosphoric ester groups is 1. The third-order valence-corrected chi connectivity index (χ3v) is 7.79. The average molecular weight is 423 g/mol. The van der Waals surface area contributed by atoms with Gasteiger partial charge < -0.3 is 14.0 Å². The number of ether oxygens (including phenoxy) is 2. The van der Waals surface area contributed by atoms with Crippen LogP contribution in [0.25, 0.3) is 0 Å². The Hall–Kier alpha value is -1.53. The van der Waals surface area contributed by atoms with Crippen molar-refractivity contribution in [2.24, 2.45) is 0 Å². The highest BCUT2D eigenvalue weighted by Gasteiger charge is 2.49. The molecule has 1 aromatic carbocycles. The van der Waals surface area contributed by atoms with Crippen LogP contribution in [-0.2, 0) is 23.6 Å². The SMILES string of the molecule is COc1ccc([C@@]23CCC(OP4(=O)OCCCCO4)=C[C@@H]2N(C)CC3)cc1OC. The van der Waals surface area contributed by atoms with E-state index in [0.29, 0.717) is 25.4 Å². The number of methoxy groups -OCH3 is 2. The molecule has 2 aliphatic heterocycles. The van der Waals surface area contributed by atoms with Gasteiger partial charge in [-0.2, -0.15) is 0 Å². The molecule has 2 fully saturated rings. The molecular formula is C21H30NO6P. The van der Waals surface area contributed by atoms with Crippen molar-refractivity contribution < 1.29 is 27.6 Å². The first-order valence-electron chi connectivity index (χ1n) is 10.2. The fourth-order valence-electron chi connectivity index (χ4n) is 4.72.